The molecule has 97 heavy (non-hydrogen) atoms. The zero-order valence-corrected chi connectivity index (χ0v) is 57.3. The lowest BCUT2D eigenvalue weighted by Gasteiger charge is -2.56. The van der Waals surface area contributed by atoms with Crippen LogP contribution in [0.15, 0.2) is 36.4 Å². The number of benzene rings is 2. The van der Waals surface area contributed by atoms with Gasteiger partial charge in [-0.1, -0.05) is 91.5 Å². The first-order valence-electron chi connectivity index (χ1n) is 35.3. The summed E-state index contributed by atoms with van der Waals surface area (Å²) in [4.78, 5) is 84.0. The van der Waals surface area contributed by atoms with E-state index in [0.29, 0.717) is 62.0 Å². The first-order chi connectivity index (χ1) is 46.1. The predicted molar refractivity (Wildman–Crippen MR) is 354 cm³/mol. The van der Waals surface area contributed by atoms with Crippen molar-refractivity contribution in [1.29, 1.82) is 0 Å². The number of amides is 5. The van der Waals surface area contributed by atoms with Crippen LogP contribution in [0.5, 0.6) is 0 Å². The monoisotopic (exact) mass is 1360 g/mol. The third-order valence-electron chi connectivity index (χ3n) is 23.3. The molecule has 0 spiro atoms. The summed E-state index contributed by atoms with van der Waals surface area (Å²) in [6.45, 7) is 12.4. The second-order valence-electron chi connectivity index (χ2n) is 30.2. The Morgan fingerprint density at radius 3 is 1.99 bits per heavy atom. The van der Waals surface area contributed by atoms with E-state index >= 15 is 0 Å². The molecule has 5 aliphatic carbocycles. The summed E-state index contributed by atoms with van der Waals surface area (Å²) < 4.78 is 24.6. The molecule has 2 aromatic carbocycles. The highest BCUT2D eigenvalue weighted by molar-refractivity contribution is 6.01. The van der Waals surface area contributed by atoms with Gasteiger partial charge in [0.1, 0.15) is 67.2 Å². The molecule has 2 saturated carbocycles. The highest BCUT2D eigenvalue weighted by Gasteiger charge is 2.59. The van der Waals surface area contributed by atoms with Crippen LogP contribution in [0.2, 0.25) is 0 Å². The maximum atomic E-state index is 14.8. The molecular formula is C71H105N9O17. The highest BCUT2D eigenvalue weighted by atomic mass is 16.7. The molecule has 2 saturated heterocycles. The number of hydrogen-bond donors (Lipinski definition) is 13. The molecule has 1 aromatic heterocycles. The van der Waals surface area contributed by atoms with E-state index in [2.05, 4.69) is 64.5 Å². The molecule has 7 aliphatic rings. The van der Waals surface area contributed by atoms with Gasteiger partial charge in [-0.3, -0.25) is 34.1 Å². The SMILES string of the molecule is CC(C)[C@H](NC(=O)[C@H](N)CCCCNC(=O)COC1CCCCCc2c1nnn2C1O[C@H](CO)[C@@H](O[C@H]2O[C@H](CO)[C@@H](O)[C@H](O)[C@H]2O)[C@H](O)[C@H]1O)C(=O)C[C@@H](C)C(=O)Nc1ccc2c(c1)[C@@]1(C)CCC[C@](C)(C(=O)NC(=O)[C@@]3(C)CCC[C@]4(C)c5cc(N)ccc5CC[C@@H]34)[C@@H]1CC2. The van der Waals surface area contributed by atoms with Crippen LogP contribution < -0.4 is 32.7 Å². The highest BCUT2D eigenvalue weighted by Crippen LogP contribution is 2.60. The largest absolute Gasteiger partial charge is 0.399 e. The number of ketones is 1. The number of ether oxygens (including phenoxy) is 4. The molecule has 20 atom stereocenters. The van der Waals surface area contributed by atoms with Gasteiger partial charge in [0.15, 0.2) is 18.3 Å². The van der Waals surface area contributed by atoms with E-state index < -0.39 is 127 Å². The lowest BCUT2D eigenvalue weighted by atomic mass is 9.49. The Morgan fingerprint density at radius 1 is 0.711 bits per heavy atom. The van der Waals surface area contributed by atoms with Gasteiger partial charge in [-0.25, -0.2) is 4.68 Å². The topological polar surface area (TPSA) is 412 Å². The lowest BCUT2D eigenvalue weighted by molar-refractivity contribution is -0.347. The molecule has 5 amide bonds. The standard InChI is InChI=1S/C71H105N9O17/c1-37(2)54(76-63(91)45(73)15-11-12-30-74-53(84)36-94-48-17-10-8-9-16-46-55(48)78-79-80(46)64-59(88)58(87)61(50(35-82)95-64)97-65-60(89)57(86)56(85)49(34-81)96-65)47(83)31-38(3)62(90)75-42-23-19-40-21-25-52-69(5,44(40)33-42)27-14-29-71(52,7)67(93)77-66(92)70(6)28-13-26-68(4)43-32-41(72)22-18-39(43)20-24-51(68)70/h18-19,22-23,32-33,37-38,45,48-52,54,56-61,64-65,81-82,85-89H,8-17,20-21,24-31,34-36,72-73H2,1-7H3,(H,74,84)(H,75,90)(H,76,91)(H,77,92,93)/t38-,45-,48?,49-,50-,51-,52-,54+,56-,57+,58-,59-,60-,61-,64?,65-,68-,69-,70+,71+/m1/s1. The molecule has 10 rings (SSSR count). The fraction of sp³-hybridized carbons (Fsp3) is 0.718. The quantitative estimate of drug-likeness (QED) is 0.0368. The molecule has 15 N–H and O–H groups in total. The minimum Gasteiger partial charge on any atom is -0.399 e. The maximum Gasteiger partial charge on any atom is 0.246 e. The molecule has 536 valence electrons. The van der Waals surface area contributed by atoms with E-state index in [1.807, 2.05) is 45.0 Å². The number of aliphatic hydroxyl groups is 7. The normalized spacial score (nSPS) is 34.2. The Balaban J connectivity index is 0.666. The smallest absolute Gasteiger partial charge is 0.246 e. The molecule has 0 radical (unpaired) electrons. The number of Topliss-reactive ketones (excluding diaryl/α,β-unsaturated/α-hetero) is 1. The zero-order chi connectivity index (χ0) is 70.1. The van der Waals surface area contributed by atoms with Gasteiger partial charge in [0.05, 0.1) is 41.8 Å². The number of anilines is 2. The van der Waals surface area contributed by atoms with Crippen LogP contribution in [0.25, 0.3) is 0 Å². The van der Waals surface area contributed by atoms with Gasteiger partial charge in [-0.2, -0.15) is 0 Å². The molecular weight excluding hydrogens is 1250 g/mol. The van der Waals surface area contributed by atoms with Gasteiger partial charge in [0.25, 0.3) is 0 Å². The Hall–Kier alpha value is -5.88. The molecule has 2 aliphatic heterocycles. The number of aliphatic hydroxyl groups excluding tert-OH is 7. The fourth-order valence-electron chi connectivity index (χ4n) is 17.6. The number of unbranched alkanes of at least 4 members (excludes halogenated alkanes) is 1. The van der Waals surface area contributed by atoms with Crippen molar-refractivity contribution >= 4 is 46.7 Å². The summed E-state index contributed by atoms with van der Waals surface area (Å²) in [6, 6.07) is 10.3. The van der Waals surface area contributed by atoms with Gasteiger partial charge < -0.3 is 82.1 Å². The molecule has 26 nitrogen and oxygen atoms in total. The number of carbonyl (C=O) groups excluding carboxylic acids is 6. The van der Waals surface area contributed by atoms with Gasteiger partial charge in [-0.15, -0.1) is 5.10 Å². The third kappa shape index (κ3) is 15.0. The van der Waals surface area contributed by atoms with Crippen molar-refractivity contribution < 1.29 is 83.5 Å². The van der Waals surface area contributed by atoms with Crippen molar-refractivity contribution in [2.45, 2.75) is 261 Å². The van der Waals surface area contributed by atoms with Gasteiger partial charge in [0.2, 0.25) is 29.5 Å². The van der Waals surface area contributed by atoms with Crippen molar-refractivity contribution in [2.75, 3.05) is 37.4 Å². The third-order valence-corrected chi connectivity index (χ3v) is 23.3. The number of hydrogen-bond acceptors (Lipinski definition) is 21. The molecule has 0 bridgehead atoms. The Bertz CT molecular complexity index is 3330. The number of nitrogen functional groups attached to an aromatic ring is 1. The first-order valence-corrected chi connectivity index (χ1v) is 35.3. The number of nitrogens with two attached hydrogens (primary N) is 2. The van der Waals surface area contributed by atoms with Crippen LogP contribution in [0.3, 0.4) is 0 Å². The summed E-state index contributed by atoms with van der Waals surface area (Å²) in [5.74, 6) is -3.05. The summed E-state index contributed by atoms with van der Waals surface area (Å²) >= 11 is 0. The van der Waals surface area contributed by atoms with E-state index in [0.717, 1.165) is 81.0 Å². The van der Waals surface area contributed by atoms with Crippen LogP contribution >= 0.6 is 0 Å². The summed E-state index contributed by atoms with van der Waals surface area (Å²) in [5, 5.41) is 94.1. The summed E-state index contributed by atoms with van der Waals surface area (Å²) in [5.41, 5.74) is 17.5. The number of fused-ring (bicyclic) bond motifs is 7. The number of aryl methyl sites for hydroxylation is 2. The summed E-state index contributed by atoms with van der Waals surface area (Å²) in [7, 11) is 0. The van der Waals surface area contributed by atoms with Crippen LogP contribution in [0.1, 0.15) is 197 Å². The van der Waals surface area contributed by atoms with E-state index in [-0.39, 0.29) is 72.7 Å². The predicted octanol–water partition coefficient (Wildman–Crippen LogP) is 3.18. The fourth-order valence-corrected chi connectivity index (χ4v) is 17.6. The van der Waals surface area contributed by atoms with Crippen LogP contribution in [0.4, 0.5) is 11.4 Å². The number of aromatic nitrogens is 3. The van der Waals surface area contributed by atoms with Gasteiger partial charge in [0, 0.05) is 30.3 Å². The average molecular weight is 1360 g/mol. The molecule has 2 unspecified atom stereocenters. The maximum absolute atomic E-state index is 14.8. The van der Waals surface area contributed by atoms with Crippen LogP contribution in [-0.4, -0.2) is 180 Å². The number of imide groups is 1. The molecule has 4 fully saturated rings. The number of nitrogens with one attached hydrogen (secondary N) is 4. The number of carbonyl (C=O) groups is 6. The van der Waals surface area contributed by atoms with E-state index in [4.69, 9.17) is 30.4 Å². The average Bonchev–Trinajstić information content (AvgIpc) is 1.12. The van der Waals surface area contributed by atoms with Crippen LogP contribution in [0, 0.1) is 34.5 Å². The van der Waals surface area contributed by atoms with Gasteiger partial charge in [-0.05, 0) is 165 Å². The number of rotatable bonds is 23. The van der Waals surface area contributed by atoms with E-state index in [9.17, 15) is 64.5 Å². The Labute approximate surface area is 567 Å². The van der Waals surface area contributed by atoms with E-state index in [1.54, 1.807) is 6.92 Å². The Morgan fingerprint density at radius 2 is 1.35 bits per heavy atom. The van der Waals surface area contributed by atoms with Gasteiger partial charge >= 0.3 is 0 Å². The van der Waals surface area contributed by atoms with Crippen molar-refractivity contribution in [3.8, 4) is 0 Å². The van der Waals surface area contributed by atoms with Crippen LogP contribution in [-0.2, 0) is 77.8 Å². The minimum absolute atomic E-state index is 0.0553. The lowest BCUT2D eigenvalue weighted by Crippen LogP contribution is -2.63. The Kier molecular flexibility index (Phi) is 23.2. The summed E-state index contributed by atoms with van der Waals surface area (Å²) in [6.07, 6.45) is -4.35. The molecule has 3 aromatic rings. The van der Waals surface area contributed by atoms with Crippen molar-refractivity contribution in [2.24, 2.45) is 40.2 Å². The van der Waals surface area contributed by atoms with E-state index in [1.165, 1.54) is 15.8 Å². The second kappa shape index (κ2) is 30.5. The van der Waals surface area contributed by atoms with Crippen molar-refractivity contribution in [1.82, 2.24) is 30.9 Å². The second-order valence-corrected chi connectivity index (χ2v) is 30.2. The zero-order valence-electron chi connectivity index (χ0n) is 57.3. The van der Waals surface area contributed by atoms with Crippen molar-refractivity contribution in [3.63, 3.8) is 0 Å². The minimum atomic E-state index is -1.82. The number of nitrogens with zero attached hydrogens (tertiary/aromatic N) is 3. The molecule has 26 heteroatoms. The molecule has 3 heterocycles. The van der Waals surface area contributed by atoms with Crippen molar-refractivity contribution in [3.05, 3.63) is 70.0 Å². The first kappa shape index (κ1) is 73.8.